The summed E-state index contributed by atoms with van der Waals surface area (Å²) in [5.41, 5.74) is 0.399. The number of piperidine rings is 1. The largest absolute Gasteiger partial charge is 0.466 e. The van der Waals surface area contributed by atoms with E-state index in [1.54, 1.807) is 6.07 Å². The predicted octanol–water partition coefficient (Wildman–Crippen LogP) is 1.73. The summed E-state index contributed by atoms with van der Waals surface area (Å²) < 4.78 is 5.07. The summed E-state index contributed by atoms with van der Waals surface area (Å²) in [5, 5.41) is 8.87. The Balaban J connectivity index is 2.08. The van der Waals surface area contributed by atoms with Gasteiger partial charge in [0.1, 0.15) is 17.6 Å². The van der Waals surface area contributed by atoms with E-state index < -0.39 is 0 Å². The van der Waals surface area contributed by atoms with Gasteiger partial charge in [-0.05, 0) is 31.9 Å². The van der Waals surface area contributed by atoms with Crippen LogP contribution in [0.2, 0.25) is 0 Å². The highest BCUT2D eigenvalue weighted by Gasteiger charge is 2.27. The van der Waals surface area contributed by atoms with Crippen LogP contribution in [0.5, 0.6) is 0 Å². The van der Waals surface area contributed by atoms with Crippen molar-refractivity contribution in [1.82, 2.24) is 4.98 Å². The van der Waals surface area contributed by atoms with Gasteiger partial charge in [0.2, 0.25) is 0 Å². The van der Waals surface area contributed by atoms with E-state index >= 15 is 0 Å². The van der Waals surface area contributed by atoms with Crippen LogP contribution in [0.25, 0.3) is 0 Å². The van der Waals surface area contributed by atoms with E-state index in [1.165, 1.54) is 0 Å². The molecule has 1 aliphatic heterocycles. The van der Waals surface area contributed by atoms with Gasteiger partial charge in [-0.1, -0.05) is 6.07 Å². The van der Waals surface area contributed by atoms with Crippen LogP contribution >= 0.6 is 0 Å². The molecule has 1 aromatic rings. The molecule has 0 N–H and O–H groups in total. The Kier molecular flexibility index (Phi) is 4.35. The predicted molar refractivity (Wildman–Crippen MR) is 70.5 cm³/mol. The van der Waals surface area contributed by atoms with Crippen LogP contribution in [0.4, 0.5) is 5.82 Å². The minimum atomic E-state index is -0.136. The first-order chi connectivity index (χ1) is 9.24. The lowest BCUT2D eigenvalue weighted by Gasteiger charge is -2.32. The van der Waals surface area contributed by atoms with Gasteiger partial charge in [-0.3, -0.25) is 4.79 Å². The molecule has 1 saturated heterocycles. The number of nitrogens with zero attached hydrogens (tertiary/aromatic N) is 3. The Hall–Kier alpha value is -2.09. The number of hydrogen-bond acceptors (Lipinski definition) is 5. The van der Waals surface area contributed by atoms with Crippen molar-refractivity contribution >= 4 is 11.8 Å². The normalized spacial score (nSPS) is 18.7. The Morgan fingerprint density at radius 2 is 2.47 bits per heavy atom. The van der Waals surface area contributed by atoms with E-state index in [0.29, 0.717) is 18.8 Å². The topological polar surface area (TPSA) is 66.2 Å². The summed E-state index contributed by atoms with van der Waals surface area (Å²) in [5.74, 6) is 0.526. The number of rotatable bonds is 3. The minimum Gasteiger partial charge on any atom is -0.466 e. The van der Waals surface area contributed by atoms with Gasteiger partial charge in [-0.2, -0.15) is 5.26 Å². The molecule has 5 nitrogen and oxygen atoms in total. The highest BCUT2D eigenvalue weighted by atomic mass is 16.5. The molecular formula is C14H17N3O2. The SMILES string of the molecule is CCOC(=O)[C@H]1CCCN(c2cccc(C#N)n2)C1. The molecule has 2 heterocycles. The van der Waals surface area contributed by atoms with E-state index in [0.717, 1.165) is 25.2 Å². The molecule has 0 aromatic carbocycles. The third kappa shape index (κ3) is 3.22. The lowest BCUT2D eigenvalue weighted by Crippen LogP contribution is -2.39. The molecule has 2 rings (SSSR count). The molecule has 0 spiro atoms. The molecule has 0 amide bonds. The van der Waals surface area contributed by atoms with Gasteiger partial charge in [0.15, 0.2) is 0 Å². The Labute approximate surface area is 112 Å². The van der Waals surface area contributed by atoms with Crippen LogP contribution in [-0.4, -0.2) is 30.6 Å². The van der Waals surface area contributed by atoms with Crippen molar-refractivity contribution in [1.29, 1.82) is 5.26 Å². The number of hydrogen-bond donors (Lipinski definition) is 0. The number of esters is 1. The van der Waals surface area contributed by atoms with Crippen molar-refractivity contribution in [2.45, 2.75) is 19.8 Å². The number of anilines is 1. The third-order valence-electron chi connectivity index (χ3n) is 3.21. The molecule has 0 saturated carbocycles. The first-order valence-electron chi connectivity index (χ1n) is 6.53. The first-order valence-corrected chi connectivity index (χ1v) is 6.53. The van der Waals surface area contributed by atoms with Gasteiger partial charge >= 0.3 is 5.97 Å². The fourth-order valence-electron chi connectivity index (χ4n) is 2.30. The molecule has 0 aliphatic carbocycles. The van der Waals surface area contributed by atoms with Crippen molar-refractivity contribution < 1.29 is 9.53 Å². The zero-order valence-electron chi connectivity index (χ0n) is 11.0. The van der Waals surface area contributed by atoms with Crippen LogP contribution in [0.1, 0.15) is 25.5 Å². The molecule has 1 fully saturated rings. The van der Waals surface area contributed by atoms with Crippen molar-refractivity contribution in [3.8, 4) is 6.07 Å². The van der Waals surface area contributed by atoms with Crippen LogP contribution in [0, 0.1) is 17.2 Å². The van der Waals surface area contributed by atoms with Gasteiger partial charge in [0.05, 0.1) is 12.5 Å². The third-order valence-corrected chi connectivity index (χ3v) is 3.21. The van der Waals surface area contributed by atoms with Crippen molar-refractivity contribution in [3.63, 3.8) is 0 Å². The van der Waals surface area contributed by atoms with E-state index in [1.807, 2.05) is 30.0 Å². The second-order valence-corrected chi connectivity index (χ2v) is 4.53. The minimum absolute atomic E-state index is 0.0961. The average Bonchev–Trinajstić information content (AvgIpc) is 2.48. The molecule has 0 radical (unpaired) electrons. The molecule has 100 valence electrons. The Bertz CT molecular complexity index is 496. The summed E-state index contributed by atoms with van der Waals surface area (Å²) in [6.45, 7) is 3.70. The van der Waals surface area contributed by atoms with Gasteiger partial charge in [0, 0.05) is 13.1 Å². The summed E-state index contributed by atoms with van der Waals surface area (Å²) in [7, 11) is 0. The van der Waals surface area contributed by atoms with E-state index in [4.69, 9.17) is 10.00 Å². The van der Waals surface area contributed by atoms with E-state index in [-0.39, 0.29) is 11.9 Å². The first kappa shape index (κ1) is 13.3. The molecule has 5 heteroatoms. The molecule has 19 heavy (non-hydrogen) atoms. The van der Waals surface area contributed by atoms with Crippen molar-refractivity contribution in [2.24, 2.45) is 5.92 Å². The van der Waals surface area contributed by atoms with Crippen molar-refractivity contribution in [3.05, 3.63) is 23.9 Å². The number of carbonyl (C=O) groups excluding carboxylic acids is 1. The summed E-state index contributed by atoms with van der Waals surface area (Å²) in [6, 6.07) is 7.39. The number of carbonyl (C=O) groups is 1. The van der Waals surface area contributed by atoms with Gasteiger partial charge in [-0.15, -0.1) is 0 Å². The molecule has 0 bridgehead atoms. The maximum Gasteiger partial charge on any atom is 0.310 e. The Morgan fingerprint density at radius 3 is 3.21 bits per heavy atom. The quantitative estimate of drug-likeness (QED) is 0.773. The zero-order chi connectivity index (χ0) is 13.7. The lowest BCUT2D eigenvalue weighted by molar-refractivity contribution is -0.148. The van der Waals surface area contributed by atoms with Crippen molar-refractivity contribution in [2.75, 3.05) is 24.6 Å². The van der Waals surface area contributed by atoms with Gasteiger partial charge in [-0.25, -0.2) is 4.98 Å². The fraction of sp³-hybridized carbons (Fsp3) is 0.500. The molecule has 0 unspecified atom stereocenters. The van der Waals surface area contributed by atoms with Crippen LogP contribution in [0.15, 0.2) is 18.2 Å². The molecule has 1 aromatic heterocycles. The number of pyridine rings is 1. The van der Waals surface area contributed by atoms with Crippen LogP contribution in [0.3, 0.4) is 0 Å². The van der Waals surface area contributed by atoms with Gasteiger partial charge in [0.25, 0.3) is 0 Å². The highest BCUT2D eigenvalue weighted by molar-refractivity contribution is 5.73. The highest BCUT2D eigenvalue weighted by Crippen LogP contribution is 2.22. The second-order valence-electron chi connectivity index (χ2n) is 4.53. The van der Waals surface area contributed by atoms with E-state index in [2.05, 4.69) is 4.98 Å². The zero-order valence-corrected chi connectivity index (χ0v) is 11.0. The Morgan fingerprint density at radius 1 is 1.63 bits per heavy atom. The van der Waals surface area contributed by atoms with Crippen LogP contribution in [-0.2, 0) is 9.53 Å². The number of aromatic nitrogens is 1. The maximum atomic E-state index is 11.8. The number of nitriles is 1. The molecular weight excluding hydrogens is 242 g/mol. The summed E-state index contributed by atoms with van der Waals surface area (Å²) in [4.78, 5) is 18.1. The van der Waals surface area contributed by atoms with E-state index in [9.17, 15) is 4.79 Å². The van der Waals surface area contributed by atoms with Crippen LogP contribution < -0.4 is 4.90 Å². The summed E-state index contributed by atoms with van der Waals surface area (Å²) in [6.07, 6.45) is 1.79. The molecule has 1 atom stereocenters. The van der Waals surface area contributed by atoms with Gasteiger partial charge < -0.3 is 9.64 Å². The lowest BCUT2D eigenvalue weighted by atomic mass is 9.98. The monoisotopic (exact) mass is 259 g/mol. The summed E-state index contributed by atoms with van der Waals surface area (Å²) >= 11 is 0. The average molecular weight is 259 g/mol. The standard InChI is InChI=1S/C14H17N3O2/c1-2-19-14(18)11-5-4-8-17(10-11)13-7-3-6-12(9-15)16-13/h3,6-7,11H,2,4-5,8,10H2,1H3/t11-/m0/s1. The fourth-order valence-corrected chi connectivity index (χ4v) is 2.30. The second kappa shape index (κ2) is 6.19. The maximum absolute atomic E-state index is 11.8. The number of ether oxygens (including phenoxy) is 1. The smallest absolute Gasteiger partial charge is 0.310 e. The molecule has 1 aliphatic rings.